The SMILES string of the molecule is CC(=O)C1=C(O)C(C(C)C)[C@@]2(C)[C@H](O)[C@]3(C)C(=C(O)[C@@]2(O)C1=O)C(=O)c1c(ccc(C2C4CC5CC(C4)CC2C5)c1O)[C@H]3C. The van der Waals surface area contributed by atoms with Crippen molar-refractivity contribution in [3.8, 4) is 5.75 Å². The molecule has 4 saturated carbocycles. The molecule has 0 radical (unpaired) electrons. The molecule has 0 heterocycles. The first-order valence-corrected chi connectivity index (χ1v) is 16.3. The van der Waals surface area contributed by atoms with Gasteiger partial charge in [-0.3, -0.25) is 14.4 Å². The zero-order valence-corrected chi connectivity index (χ0v) is 26.3. The van der Waals surface area contributed by atoms with Gasteiger partial charge in [-0.1, -0.05) is 46.8 Å². The minimum absolute atomic E-state index is 0.0380. The standard InChI is InChI=1S/C36H44O8/c1-14(2)26-29(39)23(16(4)37)31(41)36(44)32(42)27-30(40)25-21(15(3)34(27,5)33(43)35(26,36)6)7-8-22(28(25)38)24-19-10-17-9-18(12-19)13-20(24)11-17/h7-8,14-15,17-20,24,26,33,38-39,42-44H,9-13H2,1-6H3/t15-,17?,18?,19?,20?,24?,26?,33-,34+,35+,36+/m1/s1. The van der Waals surface area contributed by atoms with E-state index in [1.165, 1.54) is 13.3 Å². The highest BCUT2D eigenvalue weighted by molar-refractivity contribution is 6.25. The van der Waals surface area contributed by atoms with Crippen LogP contribution in [0.3, 0.4) is 0 Å². The molecule has 8 nitrogen and oxygen atoms in total. The molecular formula is C36H44O8. The summed E-state index contributed by atoms with van der Waals surface area (Å²) in [5, 5.41) is 60.0. The Bertz CT molecular complexity index is 1570. The fourth-order valence-electron chi connectivity index (χ4n) is 11.7. The van der Waals surface area contributed by atoms with Crippen molar-refractivity contribution in [3.63, 3.8) is 0 Å². The van der Waals surface area contributed by atoms with E-state index in [4.69, 9.17) is 0 Å². The molecular weight excluding hydrogens is 560 g/mol. The monoisotopic (exact) mass is 604 g/mol. The lowest BCUT2D eigenvalue weighted by Crippen LogP contribution is -2.73. The molecule has 5 N–H and O–H groups in total. The molecule has 0 aliphatic heterocycles. The summed E-state index contributed by atoms with van der Waals surface area (Å²) in [7, 11) is 0. The lowest BCUT2D eigenvalue weighted by molar-refractivity contribution is -0.211. The maximum atomic E-state index is 14.6. The Labute approximate surface area is 257 Å². The highest BCUT2D eigenvalue weighted by Gasteiger charge is 2.76. The van der Waals surface area contributed by atoms with Crippen LogP contribution in [0.5, 0.6) is 5.75 Å². The highest BCUT2D eigenvalue weighted by Crippen LogP contribution is 2.68. The second-order valence-electron chi connectivity index (χ2n) is 15.7. The molecule has 236 valence electrons. The Balaban J connectivity index is 1.45. The van der Waals surface area contributed by atoms with E-state index in [9.17, 15) is 39.9 Å². The van der Waals surface area contributed by atoms with Gasteiger partial charge in [-0.25, -0.2) is 0 Å². The summed E-state index contributed by atoms with van der Waals surface area (Å²) in [6.45, 7) is 9.44. The summed E-state index contributed by atoms with van der Waals surface area (Å²) in [5.41, 5.74) is -5.95. The van der Waals surface area contributed by atoms with Crippen LogP contribution in [0.1, 0.15) is 107 Å². The number of fused-ring (bicyclic) bond motifs is 3. The third kappa shape index (κ3) is 3.19. The second-order valence-corrected chi connectivity index (χ2v) is 15.7. The number of aromatic hydroxyl groups is 1. The molecule has 44 heavy (non-hydrogen) atoms. The Morgan fingerprint density at radius 1 is 0.932 bits per heavy atom. The predicted octanol–water partition coefficient (Wildman–Crippen LogP) is 5.42. The molecule has 1 unspecified atom stereocenters. The molecule has 8 heteroatoms. The number of benzene rings is 1. The first kappa shape index (κ1) is 29.7. The molecule has 8 rings (SSSR count). The van der Waals surface area contributed by atoms with Crippen LogP contribution in [0.2, 0.25) is 0 Å². The fraction of sp³-hybridized carbons (Fsp3) is 0.639. The number of hydrogen-bond donors (Lipinski definition) is 5. The van der Waals surface area contributed by atoms with Gasteiger partial charge in [0.05, 0.1) is 17.2 Å². The number of Topliss-reactive ketones (excluding diaryl/α,β-unsaturated/α-hetero) is 3. The minimum atomic E-state index is -2.87. The zero-order chi connectivity index (χ0) is 32.0. The number of hydrogen-bond acceptors (Lipinski definition) is 8. The zero-order valence-electron chi connectivity index (χ0n) is 26.3. The smallest absolute Gasteiger partial charge is 0.209 e. The van der Waals surface area contributed by atoms with Crippen LogP contribution in [0.25, 0.3) is 0 Å². The van der Waals surface area contributed by atoms with Gasteiger partial charge < -0.3 is 25.5 Å². The quantitative estimate of drug-likeness (QED) is 0.287. The van der Waals surface area contributed by atoms with Crippen molar-refractivity contribution in [2.45, 2.75) is 97.2 Å². The molecule has 7 aliphatic carbocycles. The first-order valence-electron chi connectivity index (χ1n) is 16.3. The van der Waals surface area contributed by atoms with Crippen LogP contribution in [0.15, 0.2) is 34.8 Å². The van der Waals surface area contributed by atoms with Crippen molar-refractivity contribution >= 4 is 17.3 Å². The van der Waals surface area contributed by atoms with Gasteiger partial charge in [0, 0.05) is 16.7 Å². The average molecular weight is 605 g/mol. The maximum absolute atomic E-state index is 14.6. The van der Waals surface area contributed by atoms with Gasteiger partial charge in [0.25, 0.3) is 0 Å². The van der Waals surface area contributed by atoms with E-state index < -0.39 is 74.7 Å². The summed E-state index contributed by atoms with van der Waals surface area (Å²) in [5.74, 6) is -4.08. The average Bonchev–Trinajstić information content (AvgIpc) is 2.93. The number of aliphatic hydroxyl groups excluding tert-OH is 3. The van der Waals surface area contributed by atoms with E-state index >= 15 is 0 Å². The molecule has 1 aromatic rings. The molecule has 0 saturated heterocycles. The Hall–Kier alpha value is -2.97. The van der Waals surface area contributed by atoms with Gasteiger partial charge >= 0.3 is 0 Å². The van der Waals surface area contributed by atoms with Crippen molar-refractivity contribution in [1.29, 1.82) is 0 Å². The topological polar surface area (TPSA) is 152 Å². The summed E-state index contributed by atoms with van der Waals surface area (Å²) in [6, 6.07) is 3.80. The van der Waals surface area contributed by atoms with Gasteiger partial charge in [-0.15, -0.1) is 0 Å². The molecule has 0 aromatic heterocycles. The fourth-order valence-corrected chi connectivity index (χ4v) is 11.7. The number of aliphatic hydroxyl groups is 4. The number of carbonyl (C=O) groups is 3. The number of phenolic OH excluding ortho intramolecular Hbond substituents is 1. The van der Waals surface area contributed by atoms with Crippen LogP contribution in [0, 0.1) is 46.3 Å². The lowest BCUT2D eigenvalue weighted by atomic mass is 9.41. The number of ketones is 3. The number of rotatable bonds is 3. The number of carbonyl (C=O) groups excluding carboxylic acids is 3. The molecule has 7 aliphatic rings. The third-order valence-electron chi connectivity index (χ3n) is 13.5. The molecule has 6 atom stereocenters. The van der Waals surface area contributed by atoms with Crippen molar-refractivity contribution in [3.05, 3.63) is 51.5 Å². The Morgan fingerprint density at radius 3 is 2.00 bits per heavy atom. The van der Waals surface area contributed by atoms with Crippen LogP contribution in [0.4, 0.5) is 0 Å². The Morgan fingerprint density at radius 2 is 1.48 bits per heavy atom. The summed E-state index contributed by atoms with van der Waals surface area (Å²) >= 11 is 0. The van der Waals surface area contributed by atoms with Gasteiger partial charge in [0.2, 0.25) is 5.78 Å². The van der Waals surface area contributed by atoms with E-state index in [2.05, 4.69) is 0 Å². The first-order chi connectivity index (χ1) is 20.5. The largest absolute Gasteiger partial charge is 0.511 e. The van der Waals surface area contributed by atoms with E-state index in [1.807, 2.05) is 19.1 Å². The summed E-state index contributed by atoms with van der Waals surface area (Å²) < 4.78 is 0. The molecule has 4 fully saturated rings. The van der Waals surface area contributed by atoms with Gasteiger partial charge in [-0.2, -0.15) is 0 Å². The van der Waals surface area contributed by atoms with E-state index in [1.54, 1.807) is 20.8 Å². The molecule has 0 amide bonds. The number of allylic oxidation sites excluding steroid dienone is 1. The van der Waals surface area contributed by atoms with Crippen LogP contribution in [-0.2, 0) is 9.59 Å². The van der Waals surface area contributed by atoms with Crippen molar-refractivity contribution in [2.75, 3.05) is 0 Å². The maximum Gasteiger partial charge on any atom is 0.209 e. The third-order valence-corrected chi connectivity index (χ3v) is 13.5. The van der Waals surface area contributed by atoms with Gasteiger partial charge in [0.1, 0.15) is 22.8 Å². The second kappa shape index (κ2) is 9.06. The van der Waals surface area contributed by atoms with Crippen molar-refractivity contribution in [1.82, 2.24) is 0 Å². The van der Waals surface area contributed by atoms with Crippen molar-refractivity contribution < 1.29 is 39.9 Å². The van der Waals surface area contributed by atoms with Gasteiger partial charge in [0.15, 0.2) is 17.2 Å². The molecule has 0 spiro atoms. The minimum Gasteiger partial charge on any atom is -0.511 e. The lowest BCUT2D eigenvalue weighted by Gasteiger charge is -2.63. The van der Waals surface area contributed by atoms with Gasteiger partial charge in [-0.05, 0) is 91.6 Å². The van der Waals surface area contributed by atoms with Crippen LogP contribution < -0.4 is 0 Å². The van der Waals surface area contributed by atoms with E-state index in [0.29, 0.717) is 17.4 Å². The predicted molar refractivity (Wildman–Crippen MR) is 161 cm³/mol. The van der Waals surface area contributed by atoms with E-state index in [0.717, 1.165) is 50.0 Å². The Kier molecular flexibility index (Phi) is 6.12. The molecule has 4 bridgehead atoms. The molecule has 1 aromatic carbocycles. The summed E-state index contributed by atoms with van der Waals surface area (Å²) in [4.78, 5) is 41.2. The summed E-state index contributed by atoms with van der Waals surface area (Å²) in [6.07, 6.45) is 4.17. The van der Waals surface area contributed by atoms with Crippen LogP contribution in [-0.4, -0.2) is 54.6 Å². The van der Waals surface area contributed by atoms with E-state index in [-0.39, 0.29) is 22.8 Å². The highest BCUT2D eigenvalue weighted by atomic mass is 16.4. The van der Waals surface area contributed by atoms with Crippen LogP contribution >= 0.6 is 0 Å². The number of phenols is 1. The normalized spacial score (nSPS) is 44.2. The van der Waals surface area contributed by atoms with Crippen molar-refractivity contribution in [2.24, 2.45) is 46.3 Å².